The molecule has 162 valence electrons. The second kappa shape index (κ2) is 8.55. The quantitative estimate of drug-likeness (QED) is 0.312. The molecule has 0 unspecified atom stereocenters. The monoisotopic (exact) mass is 457 g/mol. The van der Waals surface area contributed by atoms with E-state index in [-0.39, 0.29) is 22.2 Å². The van der Waals surface area contributed by atoms with Crippen LogP contribution < -0.4 is 4.74 Å². The van der Waals surface area contributed by atoms with Crippen LogP contribution in [0, 0.1) is 10.1 Å². The van der Waals surface area contributed by atoms with Crippen LogP contribution in [-0.4, -0.2) is 38.2 Å². The number of methoxy groups -OCH3 is 1. The summed E-state index contributed by atoms with van der Waals surface area (Å²) in [6.45, 7) is -0.543. The van der Waals surface area contributed by atoms with Crippen molar-refractivity contribution >= 4 is 23.3 Å². The van der Waals surface area contributed by atoms with E-state index in [9.17, 15) is 28.1 Å². The van der Waals surface area contributed by atoms with E-state index in [0.29, 0.717) is 6.07 Å². The minimum absolute atomic E-state index is 0.0280. The molecule has 0 spiro atoms. The predicted octanol–water partition coefficient (Wildman–Crippen LogP) is 3.61. The third-order valence-electron chi connectivity index (χ3n) is 3.96. The van der Waals surface area contributed by atoms with Gasteiger partial charge >= 0.3 is 17.8 Å². The first-order valence-electron chi connectivity index (χ1n) is 8.25. The number of benzene rings is 2. The number of halogens is 4. The lowest BCUT2D eigenvalue weighted by atomic mass is 10.1. The lowest BCUT2D eigenvalue weighted by Gasteiger charge is -2.14. The Balaban J connectivity index is 1.96. The molecule has 0 atom stereocenters. The van der Waals surface area contributed by atoms with Gasteiger partial charge in [0.25, 0.3) is 0 Å². The van der Waals surface area contributed by atoms with E-state index in [1.807, 2.05) is 0 Å². The first-order valence-corrected chi connectivity index (χ1v) is 8.63. The maximum Gasteiger partial charge on any atom is 0.418 e. The molecule has 14 heteroatoms. The summed E-state index contributed by atoms with van der Waals surface area (Å²) in [6, 6.07) is 6.29. The molecule has 1 heterocycles. The number of ether oxygens (including phenoxy) is 2. The van der Waals surface area contributed by atoms with E-state index in [4.69, 9.17) is 16.3 Å². The highest BCUT2D eigenvalue weighted by molar-refractivity contribution is 6.30. The normalized spacial score (nSPS) is 11.3. The Kier molecular flexibility index (Phi) is 6.06. The van der Waals surface area contributed by atoms with Crippen molar-refractivity contribution in [3.63, 3.8) is 0 Å². The van der Waals surface area contributed by atoms with E-state index < -0.39 is 40.6 Å². The van der Waals surface area contributed by atoms with Gasteiger partial charge in [0.15, 0.2) is 18.2 Å². The highest BCUT2D eigenvalue weighted by Crippen LogP contribution is 2.36. The molecule has 0 aliphatic rings. The van der Waals surface area contributed by atoms with E-state index in [1.165, 1.54) is 12.1 Å². The molecule has 0 aliphatic carbocycles. The summed E-state index contributed by atoms with van der Waals surface area (Å²) in [5.74, 6) is -1.28. The van der Waals surface area contributed by atoms with E-state index in [2.05, 4.69) is 20.3 Å². The maximum absolute atomic E-state index is 13.4. The number of hydrogen-bond donors (Lipinski definition) is 0. The van der Waals surface area contributed by atoms with Crippen molar-refractivity contribution in [2.24, 2.45) is 0 Å². The number of carbonyl (C=O) groups is 1. The van der Waals surface area contributed by atoms with Crippen molar-refractivity contribution < 1.29 is 32.4 Å². The molecule has 3 rings (SSSR count). The number of alkyl halides is 3. The van der Waals surface area contributed by atoms with E-state index in [1.54, 1.807) is 0 Å². The van der Waals surface area contributed by atoms with Crippen molar-refractivity contribution in [1.82, 2.24) is 20.2 Å². The maximum atomic E-state index is 13.4. The van der Waals surface area contributed by atoms with Crippen molar-refractivity contribution in [2.45, 2.75) is 12.8 Å². The Labute approximate surface area is 176 Å². The summed E-state index contributed by atoms with van der Waals surface area (Å²) < 4.78 is 50.9. The Hall–Kier alpha value is -3.74. The number of nitro groups is 1. The van der Waals surface area contributed by atoms with Gasteiger partial charge in [-0.15, -0.1) is 5.10 Å². The molecule has 0 amide bonds. The fourth-order valence-electron chi connectivity index (χ4n) is 2.57. The number of nitrogens with zero attached hydrogens (tertiary/aromatic N) is 5. The van der Waals surface area contributed by atoms with Gasteiger partial charge in [-0.3, -0.25) is 10.1 Å². The number of carbonyl (C=O) groups excluding carboxylic acids is 1. The van der Waals surface area contributed by atoms with Gasteiger partial charge in [-0.2, -0.15) is 17.9 Å². The molecule has 0 bridgehead atoms. The topological polar surface area (TPSA) is 122 Å². The Morgan fingerprint density at radius 2 is 2.00 bits per heavy atom. The number of esters is 1. The second-order valence-corrected chi connectivity index (χ2v) is 6.32. The van der Waals surface area contributed by atoms with Crippen molar-refractivity contribution in [2.75, 3.05) is 7.11 Å². The van der Waals surface area contributed by atoms with Gasteiger partial charge in [0.05, 0.1) is 28.8 Å². The van der Waals surface area contributed by atoms with Crippen molar-refractivity contribution in [3.05, 3.63) is 68.5 Å². The van der Waals surface area contributed by atoms with Gasteiger partial charge in [0.1, 0.15) is 0 Å². The molecule has 3 aromatic rings. The van der Waals surface area contributed by atoms with Crippen LogP contribution in [0.1, 0.15) is 21.7 Å². The lowest BCUT2D eigenvalue weighted by Crippen LogP contribution is -2.14. The summed E-state index contributed by atoms with van der Waals surface area (Å²) in [5.41, 5.74) is -2.01. The van der Waals surface area contributed by atoms with Crippen LogP contribution >= 0.6 is 11.6 Å². The number of nitro benzene ring substituents is 1. The summed E-state index contributed by atoms with van der Waals surface area (Å²) >= 11 is 5.68. The van der Waals surface area contributed by atoms with Crippen LogP contribution in [0.2, 0.25) is 5.02 Å². The molecule has 0 saturated carbocycles. The Morgan fingerprint density at radius 3 is 2.65 bits per heavy atom. The fraction of sp³-hybridized carbons (Fsp3) is 0.176. The number of hydrogen-bond acceptors (Lipinski definition) is 8. The minimum Gasteiger partial charge on any atom is -0.478 e. The van der Waals surface area contributed by atoms with Gasteiger partial charge in [0.2, 0.25) is 0 Å². The third kappa shape index (κ3) is 4.71. The van der Waals surface area contributed by atoms with Crippen LogP contribution in [0.15, 0.2) is 36.4 Å². The SMILES string of the molecule is COC(=O)c1ccc([N+](=O)[O-])c(OCc2nnnn2-c2ccc(Cl)cc2C(F)(F)F)c1. The van der Waals surface area contributed by atoms with E-state index >= 15 is 0 Å². The fourth-order valence-corrected chi connectivity index (χ4v) is 2.74. The second-order valence-electron chi connectivity index (χ2n) is 5.89. The average molecular weight is 458 g/mol. The number of rotatable bonds is 6. The van der Waals surface area contributed by atoms with Gasteiger partial charge in [-0.05, 0) is 34.7 Å². The van der Waals surface area contributed by atoms with Crippen molar-refractivity contribution in [3.8, 4) is 11.4 Å². The summed E-state index contributed by atoms with van der Waals surface area (Å²) in [5, 5.41) is 21.6. The molecule has 0 radical (unpaired) electrons. The summed E-state index contributed by atoms with van der Waals surface area (Å²) in [4.78, 5) is 22.2. The Bertz CT molecular complexity index is 1150. The van der Waals surface area contributed by atoms with Crippen LogP contribution in [-0.2, 0) is 17.5 Å². The first-order chi connectivity index (χ1) is 14.6. The van der Waals surface area contributed by atoms with Gasteiger partial charge in [0, 0.05) is 17.2 Å². The zero-order chi connectivity index (χ0) is 22.8. The molecule has 0 N–H and O–H groups in total. The molecule has 0 saturated heterocycles. The summed E-state index contributed by atoms with van der Waals surface area (Å²) in [6.07, 6.45) is -4.75. The largest absolute Gasteiger partial charge is 0.478 e. The van der Waals surface area contributed by atoms with Gasteiger partial charge in [-0.25, -0.2) is 4.79 Å². The van der Waals surface area contributed by atoms with Crippen LogP contribution in [0.4, 0.5) is 18.9 Å². The average Bonchev–Trinajstić information content (AvgIpc) is 3.19. The van der Waals surface area contributed by atoms with Gasteiger partial charge in [-0.1, -0.05) is 11.6 Å². The predicted molar refractivity (Wildman–Crippen MR) is 97.9 cm³/mol. The highest BCUT2D eigenvalue weighted by atomic mass is 35.5. The number of aromatic nitrogens is 4. The van der Waals surface area contributed by atoms with Crippen LogP contribution in [0.25, 0.3) is 5.69 Å². The minimum atomic E-state index is -4.75. The molecule has 2 aromatic carbocycles. The van der Waals surface area contributed by atoms with Crippen LogP contribution in [0.3, 0.4) is 0 Å². The molecular formula is C17H11ClF3N5O5. The number of tetrazole rings is 1. The van der Waals surface area contributed by atoms with Crippen molar-refractivity contribution in [1.29, 1.82) is 0 Å². The molecule has 0 aliphatic heterocycles. The highest BCUT2D eigenvalue weighted by Gasteiger charge is 2.35. The molecule has 1 aromatic heterocycles. The smallest absolute Gasteiger partial charge is 0.418 e. The standard InChI is InChI=1S/C17H11ClF3N5O5/c1-30-16(27)9-2-4-13(26(28)29)14(6-9)31-8-15-22-23-24-25(15)12-5-3-10(18)7-11(12)17(19,20)21/h2-7H,8H2,1H3. The zero-order valence-electron chi connectivity index (χ0n) is 15.5. The Morgan fingerprint density at radius 1 is 1.26 bits per heavy atom. The summed E-state index contributed by atoms with van der Waals surface area (Å²) in [7, 11) is 1.13. The molecule has 10 nitrogen and oxygen atoms in total. The van der Waals surface area contributed by atoms with Gasteiger partial charge < -0.3 is 9.47 Å². The zero-order valence-corrected chi connectivity index (χ0v) is 16.2. The molecule has 0 fully saturated rings. The first kappa shape index (κ1) is 22.0. The van der Waals surface area contributed by atoms with Crippen LogP contribution in [0.5, 0.6) is 5.75 Å². The third-order valence-corrected chi connectivity index (χ3v) is 4.20. The van der Waals surface area contributed by atoms with E-state index in [0.717, 1.165) is 30.0 Å². The molecular weight excluding hydrogens is 447 g/mol. The lowest BCUT2D eigenvalue weighted by molar-refractivity contribution is -0.386. The molecule has 31 heavy (non-hydrogen) atoms.